The van der Waals surface area contributed by atoms with E-state index in [9.17, 15) is 9.59 Å². The molecule has 0 spiro atoms. The average molecular weight is 352 g/mol. The van der Waals surface area contributed by atoms with Crippen LogP contribution in [-0.2, 0) is 16.7 Å². The summed E-state index contributed by atoms with van der Waals surface area (Å²) in [6.45, 7) is 6.62. The molecule has 2 N–H and O–H groups in total. The normalized spacial score (nSPS) is 11.1. The number of hydrogen-bond acceptors (Lipinski definition) is 5. The zero-order chi connectivity index (χ0) is 17.0. The smallest absolute Gasteiger partial charge is 0.340 e. The Morgan fingerprint density at radius 2 is 2.04 bits per heavy atom. The molecule has 0 bridgehead atoms. The Kier molecular flexibility index (Phi) is 5.43. The molecule has 0 atom stereocenters. The number of carbonyl (C=O) groups is 2. The standard InChI is InChI=1S/C16H20N2O3S2/c1-16(2,3)12-8-11(14(19)21-4)13(23-12)18-15(20)17-9-10-6-5-7-22-10/h5-8H,9H2,1-4H3,(H2,17,18,20). The summed E-state index contributed by atoms with van der Waals surface area (Å²) in [7, 11) is 1.33. The van der Waals surface area contributed by atoms with E-state index >= 15 is 0 Å². The van der Waals surface area contributed by atoms with E-state index in [1.165, 1.54) is 18.4 Å². The van der Waals surface area contributed by atoms with E-state index in [0.717, 1.165) is 9.75 Å². The largest absolute Gasteiger partial charge is 0.465 e. The summed E-state index contributed by atoms with van der Waals surface area (Å²) < 4.78 is 4.80. The van der Waals surface area contributed by atoms with Crippen molar-refractivity contribution >= 4 is 39.7 Å². The summed E-state index contributed by atoms with van der Waals surface area (Å²) in [5.41, 5.74) is 0.273. The minimum Gasteiger partial charge on any atom is -0.465 e. The second-order valence-corrected chi connectivity index (χ2v) is 8.07. The number of urea groups is 1. The van der Waals surface area contributed by atoms with E-state index in [1.807, 2.05) is 17.5 Å². The number of ether oxygens (including phenoxy) is 1. The molecule has 5 nitrogen and oxygen atoms in total. The highest BCUT2D eigenvalue weighted by Gasteiger charge is 2.24. The number of anilines is 1. The van der Waals surface area contributed by atoms with Crippen molar-refractivity contribution in [3.8, 4) is 0 Å². The lowest BCUT2D eigenvalue weighted by Crippen LogP contribution is -2.28. The highest BCUT2D eigenvalue weighted by atomic mass is 32.1. The third kappa shape index (κ3) is 4.56. The first-order chi connectivity index (χ1) is 10.8. The van der Waals surface area contributed by atoms with Gasteiger partial charge in [-0.1, -0.05) is 26.8 Å². The average Bonchev–Trinajstić information content (AvgIpc) is 3.13. The number of methoxy groups -OCH3 is 1. The zero-order valence-corrected chi connectivity index (χ0v) is 15.2. The van der Waals surface area contributed by atoms with Crippen LogP contribution in [0.2, 0.25) is 0 Å². The number of carbonyl (C=O) groups excluding carboxylic acids is 2. The molecule has 0 saturated carbocycles. The monoisotopic (exact) mass is 352 g/mol. The van der Waals surface area contributed by atoms with Gasteiger partial charge in [0, 0.05) is 9.75 Å². The van der Waals surface area contributed by atoms with Gasteiger partial charge in [0.25, 0.3) is 0 Å². The van der Waals surface area contributed by atoms with E-state index in [1.54, 1.807) is 17.4 Å². The van der Waals surface area contributed by atoms with Crippen molar-refractivity contribution < 1.29 is 14.3 Å². The molecule has 2 aromatic heterocycles. The van der Waals surface area contributed by atoms with Crippen LogP contribution in [0, 0.1) is 0 Å². The topological polar surface area (TPSA) is 67.4 Å². The van der Waals surface area contributed by atoms with Gasteiger partial charge in [0.1, 0.15) is 5.00 Å². The van der Waals surface area contributed by atoms with E-state index in [4.69, 9.17) is 4.74 Å². The molecule has 0 radical (unpaired) electrons. The Labute approximate surface area is 143 Å². The zero-order valence-electron chi connectivity index (χ0n) is 13.6. The molecule has 2 heterocycles. The molecule has 7 heteroatoms. The molecule has 2 aromatic rings. The number of nitrogens with one attached hydrogen (secondary N) is 2. The van der Waals surface area contributed by atoms with Crippen molar-refractivity contribution in [1.29, 1.82) is 0 Å². The number of rotatable bonds is 4. The third-order valence-corrected chi connectivity index (χ3v) is 5.46. The highest BCUT2D eigenvalue weighted by molar-refractivity contribution is 7.16. The number of esters is 1. The van der Waals surface area contributed by atoms with Gasteiger partial charge in [0.2, 0.25) is 0 Å². The second-order valence-electron chi connectivity index (χ2n) is 5.98. The van der Waals surface area contributed by atoms with E-state index in [-0.39, 0.29) is 11.4 Å². The van der Waals surface area contributed by atoms with Crippen LogP contribution in [0.3, 0.4) is 0 Å². The Morgan fingerprint density at radius 3 is 2.61 bits per heavy atom. The van der Waals surface area contributed by atoms with Crippen molar-refractivity contribution in [3.63, 3.8) is 0 Å². The van der Waals surface area contributed by atoms with Gasteiger partial charge >= 0.3 is 12.0 Å². The Hall–Kier alpha value is -1.86. The molecular weight excluding hydrogens is 332 g/mol. The van der Waals surface area contributed by atoms with Crippen LogP contribution >= 0.6 is 22.7 Å². The quantitative estimate of drug-likeness (QED) is 0.810. The maximum absolute atomic E-state index is 12.1. The van der Waals surface area contributed by atoms with Crippen molar-refractivity contribution in [2.45, 2.75) is 32.7 Å². The molecule has 2 amide bonds. The van der Waals surface area contributed by atoms with Gasteiger partial charge in [-0.2, -0.15) is 0 Å². The molecule has 0 aliphatic rings. The molecule has 2 rings (SSSR count). The third-order valence-electron chi connectivity index (χ3n) is 3.11. The van der Waals surface area contributed by atoms with Crippen LogP contribution in [0.1, 0.15) is 40.9 Å². The maximum Gasteiger partial charge on any atom is 0.340 e. The van der Waals surface area contributed by atoms with Gasteiger partial charge in [-0.05, 0) is 22.9 Å². The van der Waals surface area contributed by atoms with Crippen LogP contribution in [-0.4, -0.2) is 19.1 Å². The number of amides is 2. The van der Waals surface area contributed by atoms with Gasteiger partial charge in [0.05, 0.1) is 19.2 Å². The molecule has 0 aliphatic carbocycles. The lowest BCUT2D eigenvalue weighted by Gasteiger charge is -2.15. The van der Waals surface area contributed by atoms with E-state index in [2.05, 4.69) is 31.4 Å². The first-order valence-electron chi connectivity index (χ1n) is 7.11. The van der Waals surface area contributed by atoms with E-state index in [0.29, 0.717) is 17.1 Å². The molecule has 0 aliphatic heterocycles. The van der Waals surface area contributed by atoms with Gasteiger partial charge < -0.3 is 10.1 Å². The lowest BCUT2D eigenvalue weighted by molar-refractivity contribution is 0.0602. The van der Waals surface area contributed by atoms with Crippen LogP contribution in [0.25, 0.3) is 0 Å². The van der Waals surface area contributed by atoms with Crippen LogP contribution in [0.5, 0.6) is 0 Å². The van der Waals surface area contributed by atoms with Crippen LogP contribution in [0.15, 0.2) is 23.6 Å². The summed E-state index contributed by atoms with van der Waals surface area (Å²) in [4.78, 5) is 26.1. The fourth-order valence-electron chi connectivity index (χ4n) is 1.84. The lowest BCUT2D eigenvalue weighted by atomic mass is 9.94. The van der Waals surface area contributed by atoms with Gasteiger partial charge in [-0.3, -0.25) is 5.32 Å². The predicted molar refractivity (Wildman–Crippen MR) is 94.5 cm³/mol. The van der Waals surface area contributed by atoms with Gasteiger partial charge in [-0.15, -0.1) is 22.7 Å². The molecule has 0 fully saturated rings. The first-order valence-corrected chi connectivity index (χ1v) is 8.80. The van der Waals surface area contributed by atoms with Crippen LogP contribution in [0.4, 0.5) is 9.80 Å². The molecule has 0 aromatic carbocycles. The summed E-state index contributed by atoms with van der Waals surface area (Å²) in [6.07, 6.45) is 0. The van der Waals surface area contributed by atoms with Crippen molar-refractivity contribution in [1.82, 2.24) is 5.32 Å². The fraction of sp³-hybridized carbons (Fsp3) is 0.375. The van der Waals surface area contributed by atoms with Gasteiger partial charge in [-0.25, -0.2) is 9.59 Å². The minimum absolute atomic E-state index is 0.110. The van der Waals surface area contributed by atoms with E-state index < -0.39 is 5.97 Å². The summed E-state index contributed by atoms with van der Waals surface area (Å²) in [6, 6.07) is 5.33. The maximum atomic E-state index is 12.1. The van der Waals surface area contributed by atoms with Crippen molar-refractivity contribution in [2.75, 3.05) is 12.4 Å². The SMILES string of the molecule is COC(=O)c1cc(C(C)(C)C)sc1NC(=O)NCc1cccs1. The van der Waals surface area contributed by atoms with Crippen LogP contribution < -0.4 is 10.6 Å². The minimum atomic E-state index is -0.453. The number of thiophene rings is 2. The Bertz CT molecular complexity index is 685. The molecule has 124 valence electrons. The molecule has 23 heavy (non-hydrogen) atoms. The molecule has 0 saturated heterocycles. The highest BCUT2D eigenvalue weighted by Crippen LogP contribution is 2.36. The molecular formula is C16H20N2O3S2. The summed E-state index contributed by atoms with van der Waals surface area (Å²) in [5, 5.41) is 8.00. The Balaban J connectivity index is 2.12. The Morgan fingerprint density at radius 1 is 1.30 bits per heavy atom. The number of hydrogen-bond donors (Lipinski definition) is 2. The molecule has 0 unspecified atom stereocenters. The van der Waals surface area contributed by atoms with Crippen molar-refractivity contribution in [2.24, 2.45) is 0 Å². The summed E-state index contributed by atoms with van der Waals surface area (Å²) >= 11 is 2.97. The second kappa shape index (κ2) is 7.14. The van der Waals surface area contributed by atoms with Crippen molar-refractivity contribution in [3.05, 3.63) is 38.9 Å². The first kappa shape index (κ1) is 17.5. The van der Waals surface area contributed by atoms with Gasteiger partial charge in [0.15, 0.2) is 0 Å². The fourth-order valence-corrected chi connectivity index (χ4v) is 3.59. The predicted octanol–water partition coefficient (Wildman–Crippen LogP) is 4.22. The summed E-state index contributed by atoms with van der Waals surface area (Å²) in [5.74, 6) is -0.453.